The standard InChI is InChI=1S/C19H17FN6/c20-14-6-2-1-5-13(14)12-25-17(19-24-10-8-18(22)26-19)11-15(21)16-7-3-4-9-23-16/h1-11,21,25H,12H2,(H2,22,24,26)/b17-11-,21-15?. The summed E-state index contributed by atoms with van der Waals surface area (Å²) in [6.07, 6.45) is 4.69. The minimum absolute atomic E-state index is 0.174. The molecule has 0 radical (unpaired) electrons. The second-order valence-electron chi connectivity index (χ2n) is 5.44. The van der Waals surface area contributed by atoms with E-state index >= 15 is 0 Å². The van der Waals surface area contributed by atoms with E-state index in [1.165, 1.54) is 12.3 Å². The molecule has 7 heteroatoms. The lowest BCUT2D eigenvalue weighted by Crippen LogP contribution is -2.17. The second kappa shape index (κ2) is 7.98. The number of nitrogens with one attached hydrogen (secondary N) is 2. The van der Waals surface area contributed by atoms with Crippen LogP contribution in [0.3, 0.4) is 0 Å². The van der Waals surface area contributed by atoms with Crippen molar-refractivity contribution in [2.75, 3.05) is 5.73 Å². The van der Waals surface area contributed by atoms with Gasteiger partial charge in [-0.25, -0.2) is 14.4 Å². The van der Waals surface area contributed by atoms with Gasteiger partial charge in [0.1, 0.15) is 11.6 Å². The number of rotatable bonds is 6. The Morgan fingerprint density at radius 2 is 1.88 bits per heavy atom. The Kier molecular flexibility index (Phi) is 5.28. The maximum atomic E-state index is 13.9. The highest BCUT2D eigenvalue weighted by atomic mass is 19.1. The van der Waals surface area contributed by atoms with Crippen LogP contribution in [0.15, 0.2) is 67.0 Å². The molecule has 0 spiro atoms. The van der Waals surface area contributed by atoms with Crippen molar-refractivity contribution in [1.29, 1.82) is 5.41 Å². The Labute approximate surface area is 150 Å². The smallest absolute Gasteiger partial charge is 0.177 e. The van der Waals surface area contributed by atoms with Crippen LogP contribution < -0.4 is 11.1 Å². The maximum Gasteiger partial charge on any atom is 0.177 e. The summed E-state index contributed by atoms with van der Waals surface area (Å²) in [5, 5.41) is 11.3. The highest BCUT2D eigenvalue weighted by molar-refractivity contribution is 6.08. The Morgan fingerprint density at radius 1 is 1.08 bits per heavy atom. The van der Waals surface area contributed by atoms with Crippen LogP contribution in [0.5, 0.6) is 0 Å². The number of nitrogen functional groups attached to an aromatic ring is 1. The normalized spacial score (nSPS) is 11.2. The lowest BCUT2D eigenvalue weighted by atomic mass is 10.1. The highest BCUT2D eigenvalue weighted by Gasteiger charge is 2.10. The zero-order valence-corrected chi connectivity index (χ0v) is 13.9. The van der Waals surface area contributed by atoms with Gasteiger partial charge in [-0.15, -0.1) is 0 Å². The van der Waals surface area contributed by atoms with Crippen molar-refractivity contribution in [3.63, 3.8) is 0 Å². The fraction of sp³-hybridized carbons (Fsp3) is 0.0526. The molecule has 4 N–H and O–H groups in total. The van der Waals surface area contributed by atoms with Crippen molar-refractivity contribution in [2.45, 2.75) is 6.54 Å². The number of hydrogen-bond acceptors (Lipinski definition) is 6. The molecule has 1 aromatic carbocycles. The van der Waals surface area contributed by atoms with Gasteiger partial charge < -0.3 is 11.1 Å². The number of pyridine rings is 1. The van der Waals surface area contributed by atoms with E-state index in [-0.39, 0.29) is 18.1 Å². The summed E-state index contributed by atoms with van der Waals surface area (Å²) in [4.78, 5) is 12.5. The lowest BCUT2D eigenvalue weighted by molar-refractivity contribution is 0.605. The molecular weight excluding hydrogens is 331 g/mol. The summed E-state index contributed by atoms with van der Waals surface area (Å²) in [6.45, 7) is 0.214. The molecule has 26 heavy (non-hydrogen) atoms. The number of halogens is 1. The summed E-state index contributed by atoms with van der Waals surface area (Å²) >= 11 is 0. The maximum absolute atomic E-state index is 13.9. The molecule has 2 aromatic heterocycles. The third-order valence-corrected chi connectivity index (χ3v) is 3.57. The van der Waals surface area contributed by atoms with Crippen LogP contribution in [-0.4, -0.2) is 20.7 Å². The van der Waals surface area contributed by atoms with Crippen molar-refractivity contribution >= 4 is 17.2 Å². The van der Waals surface area contributed by atoms with E-state index in [0.29, 0.717) is 28.6 Å². The first-order valence-electron chi connectivity index (χ1n) is 7.91. The van der Waals surface area contributed by atoms with Gasteiger partial charge in [0.25, 0.3) is 0 Å². The molecule has 0 saturated carbocycles. The van der Waals surface area contributed by atoms with Crippen LogP contribution in [0.25, 0.3) is 5.70 Å². The van der Waals surface area contributed by atoms with Crippen molar-refractivity contribution in [1.82, 2.24) is 20.3 Å². The number of benzene rings is 1. The average molecular weight is 348 g/mol. The van der Waals surface area contributed by atoms with Gasteiger partial charge in [0.05, 0.1) is 17.1 Å². The van der Waals surface area contributed by atoms with Gasteiger partial charge in [-0.3, -0.25) is 10.4 Å². The molecule has 3 rings (SSSR count). The average Bonchev–Trinajstić information content (AvgIpc) is 2.67. The van der Waals surface area contributed by atoms with Crippen LogP contribution in [0.1, 0.15) is 17.1 Å². The van der Waals surface area contributed by atoms with E-state index in [2.05, 4.69) is 20.3 Å². The number of nitrogens with zero attached hydrogens (tertiary/aromatic N) is 3. The zero-order valence-electron chi connectivity index (χ0n) is 13.9. The molecule has 6 nitrogen and oxygen atoms in total. The SMILES string of the molecule is N=C(/C=C(\NCc1ccccc1F)c1nccc(N)n1)c1ccccn1. The Bertz CT molecular complexity index is 940. The Hall–Kier alpha value is -3.61. The summed E-state index contributed by atoms with van der Waals surface area (Å²) in [7, 11) is 0. The van der Waals surface area contributed by atoms with Gasteiger partial charge in [0.2, 0.25) is 0 Å². The summed E-state index contributed by atoms with van der Waals surface area (Å²) in [5.41, 5.74) is 7.36. The third kappa shape index (κ3) is 4.27. The van der Waals surface area contributed by atoms with Gasteiger partial charge in [0, 0.05) is 24.5 Å². The molecular formula is C19H17FN6. The fourth-order valence-corrected chi connectivity index (χ4v) is 2.27. The molecule has 2 heterocycles. The van der Waals surface area contributed by atoms with E-state index in [4.69, 9.17) is 11.1 Å². The molecule has 0 amide bonds. The second-order valence-corrected chi connectivity index (χ2v) is 5.44. The summed E-state index contributed by atoms with van der Waals surface area (Å²) in [5.74, 6) is 0.313. The van der Waals surface area contributed by atoms with Crippen molar-refractivity contribution in [3.8, 4) is 0 Å². The van der Waals surface area contributed by atoms with Crippen LogP contribution in [0.2, 0.25) is 0 Å². The van der Waals surface area contributed by atoms with E-state index < -0.39 is 0 Å². The van der Waals surface area contributed by atoms with E-state index in [0.717, 1.165) is 0 Å². The number of hydrogen-bond donors (Lipinski definition) is 3. The molecule has 130 valence electrons. The molecule has 0 saturated heterocycles. The van der Waals surface area contributed by atoms with Crippen LogP contribution in [0.4, 0.5) is 10.2 Å². The first kappa shape index (κ1) is 17.2. The van der Waals surface area contributed by atoms with Gasteiger partial charge in [0.15, 0.2) is 5.82 Å². The van der Waals surface area contributed by atoms with Crippen molar-refractivity contribution < 1.29 is 4.39 Å². The molecule has 0 unspecified atom stereocenters. The monoisotopic (exact) mass is 348 g/mol. The predicted octanol–water partition coefficient (Wildman–Crippen LogP) is 2.79. The first-order valence-corrected chi connectivity index (χ1v) is 7.91. The van der Waals surface area contributed by atoms with Crippen LogP contribution >= 0.6 is 0 Å². The number of aromatic nitrogens is 3. The topological polar surface area (TPSA) is 101 Å². The number of anilines is 1. The van der Waals surface area contributed by atoms with Gasteiger partial charge in [-0.1, -0.05) is 24.3 Å². The lowest BCUT2D eigenvalue weighted by Gasteiger charge is -2.11. The van der Waals surface area contributed by atoms with Crippen molar-refractivity contribution in [3.05, 3.63) is 89.9 Å². The predicted molar refractivity (Wildman–Crippen MR) is 98.7 cm³/mol. The molecule has 3 aromatic rings. The minimum atomic E-state index is -0.312. The largest absolute Gasteiger partial charge is 0.384 e. The first-order chi connectivity index (χ1) is 12.6. The quantitative estimate of drug-likeness (QED) is 0.595. The Morgan fingerprint density at radius 3 is 2.62 bits per heavy atom. The molecule has 0 atom stereocenters. The van der Waals surface area contributed by atoms with Gasteiger partial charge in [-0.2, -0.15) is 0 Å². The Balaban J connectivity index is 1.90. The molecule has 0 aliphatic carbocycles. The van der Waals surface area contributed by atoms with Crippen molar-refractivity contribution in [2.24, 2.45) is 0 Å². The molecule has 0 aliphatic rings. The molecule has 0 aliphatic heterocycles. The minimum Gasteiger partial charge on any atom is -0.384 e. The number of allylic oxidation sites excluding steroid dienone is 1. The third-order valence-electron chi connectivity index (χ3n) is 3.57. The van der Waals surface area contributed by atoms with E-state index in [1.54, 1.807) is 54.7 Å². The summed E-state index contributed by atoms with van der Waals surface area (Å²) in [6, 6.07) is 13.4. The molecule has 0 fully saturated rings. The van der Waals surface area contributed by atoms with E-state index in [9.17, 15) is 4.39 Å². The highest BCUT2D eigenvalue weighted by Crippen LogP contribution is 2.12. The molecule has 0 bridgehead atoms. The van der Waals surface area contributed by atoms with Crippen LogP contribution in [0, 0.1) is 11.2 Å². The van der Waals surface area contributed by atoms with Gasteiger partial charge in [-0.05, 0) is 30.3 Å². The summed E-state index contributed by atoms with van der Waals surface area (Å²) < 4.78 is 13.9. The number of nitrogens with two attached hydrogens (primary N) is 1. The van der Waals surface area contributed by atoms with E-state index in [1.807, 2.05) is 0 Å². The fourth-order valence-electron chi connectivity index (χ4n) is 2.27. The van der Waals surface area contributed by atoms with Gasteiger partial charge >= 0.3 is 0 Å². The van der Waals surface area contributed by atoms with Crippen LogP contribution in [-0.2, 0) is 6.54 Å². The zero-order chi connectivity index (χ0) is 18.4.